The molecule has 1 N–H and O–H groups in total. The summed E-state index contributed by atoms with van der Waals surface area (Å²) in [5.74, 6) is 1.50. The monoisotopic (exact) mass is 181 g/mol. The first-order valence-corrected chi connectivity index (χ1v) is 5.53. The molecule has 0 heterocycles. The fraction of sp³-hybridized carbons (Fsp3) is 0.833. The van der Waals surface area contributed by atoms with Gasteiger partial charge in [-0.25, -0.2) is 0 Å². The topological polar surface area (TPSA) is 12.0 Å². The van der Waals surface area contributed by atoms with Crippen LogP contribution in [0.1, 0.15) is 40.0 Å². The van der Waals surface area contributed by atoms with E-state index in [0.29, 0.717) is 12.0 Å². The maximum absolute atomic E-state index is 3.42. The molecule has 0 aromatic carbocycles. The molecule has 0 amide bonds. The van der Waals surface area contributed by atoms with Crippen molar-refractivity contribution in [1.29, 1.82) is 0 Å². The Morgan fingerprint density at radius 1 is 1.46 bits per heavy atom. The zero-order chi connectivity index (χ0) is 9.84. The Labute approximate surface area is 82.6 Å². The highest BCUT2D eigenvalue weighted by atomic mass is 14.9. The number of hydrogen-bond acceptors (Lipinski definition) is 1. The van der Waals surface area contributed by atoms with E-state index in [1.165, 1.54) is 19.3 Å². The first kappa shape index (κ1) is 10.8. The first-order valence-electron chi connectivity index (χ1n) is 5.53. The van der Waals surface area contributed by atoms with Gasteiger partial charge in [-0.2, -0.15) is 0 Å². The number of allylic oxidation sites excluding steroid dienone is 1. The van der Waals surface area contributed by atoms with E-state index in [2.05, 4.69) is 39.2 Å². The van der Waals surface area contributed by atoms with E-state index in [1.807, 2.05) is 0 Å². The fourth-order valence-corrected chi connectivity index (χ4v) is 2.37. The zero-order valence-corrected chi connectivity index (χ0v) is 9.43. The van der Waals surface area contributed by atoms with Crippen molar-refractivity contribution in [2.75, 3.05) is 7.05 Å². The third kappa shape index (κ3) is 2.84. The van der Waals surface area contributed by atoms with Gasteiger partial charge >= 0.3 is 0 Å². The fourth-order valence-electron chi connectivity index (χ4n) is 2.37. The van der Waals surface area contributed by atoms with E-state index in [1.54, 1.807) is 5.57 Å². The van der Waals surface area contributed by atoms with E-state index in [4.69, 9.17) is 0 Å². The molecule has 1 heteroatoms. The highest BCUT2D eigenvalue weighted by molar-refractivity contribution is 5.15. The van der Waals surface area contributed by atoms with Crippen LogP contribution in [0.3, 0.4) is 0 Å². The standard InChI is InChI=1S/C12H23N/c1-9(2)12(13-4)11-7-5-6-10(3)8-11/h8-10,12-13H,5-7H2,1-4H3. The molecule has 0 saturated carbocycles. The van der Waals surface area contributed by atoms with Gasteiger partial charge < -0.3 is 5.32 Å². The van der Waals surface area contributed by atoms with Gasteiger partial charge in [-0.3, -0.25) is 0 Å². The van der Waals surface area contributed by atoms with Crippen LogP contribution in [0.2, 0.25) is 0 Å². The van der Waals surface area contributed by atoms with Crippen LogP contribution in [0.4, 0.5) is 0 Å². The molecule has 0 spiro atoms. The van der Waals surface area contributed by atoms with Crippen molar-refractivity contribution in [3.8, 4) is 0 Å². The quantitative estimate of drug-likeness (QED) is 0.660. The van der Waals surface area contributed by atoms with Gasteiger partial charge in [-0.15, -0.1) is 0 Å². The van der Waals surface area contributed by atoms with Gasteiger partial charge in [0.2, 0.25) is 0 Å². The van der Waals surface area contributed by atoms with Crippen molar-refractivity contribution in [2.24, 2.45) is 11.8 Å². The van der Waals surface area contributed by atoms with Gasteiger partial charge in [0.05, 0.1) is 0 Å². The molecule has 0 aromatic rings. The molecule has 0 aromatic heterocycles. The van der Waals surface area contributed by atoms with Crippen molar-refractivity contribution in [3.05, 3.63) is 11.6 Å². The summed E-state index contributed by atoms with van der Waals surface area (Å²) < 4.78 is 0. The summed E-state index contributed by atoms with van der Waals surface area (Å²) in [6, 6.07) is 0.600. The largest absolute Gasteiger partial charge is 0.313 e. The molecule has 1 nitrogen and oxygen atoms in total. The van der Waals surface area contributed by atoms with Gasteiger partial charge in [0, 0.05) is 6.04 Å². The Hall–Kier alpha value is -0.300. The second-order valence-electron chi connectivity index (χ2n) is 4.62. The molecule has 0 saturated heterocycles. The third-order valence-corrected chi connectivity index (χ3v) is 3.00. The van der Waals surface area contributed by atoms with Gasteiger partial charge in [-0.1, -0.05) is 32.4 Å². The first-order chi connectivity index (χ1) is 6.15. The van der Waals surface area contributed by atoms with Crippen LogP contribution in [0.25, 0.3) is 0 Å². The molecule has 2 atom stereocenters. The lowest BCUT2D eigenvalue weighted by molar-refractivity contribution is 0.439. The molecule has 0 radical (unpaired) electrons. The molecular weight excluding hydrogens is 158 g/mol. The lowest BCUT2D eigenvalue weighted by Gasteiger charge is -2.28. The summed E-state index contributed by atoms with van der Waals surface area (Å²) in [6.45, 7) is 6.91. The summed E-state index contributed by atoms with van der Waals surface area (Å²) in [4.78, 5) is 0. The summed E-state index contributed by atoms with van der Waals surface area (Å²) in [6.07, 6.45) is 6.52. The maximum atomic E-state index is 3.42. The predicted molar refractivity (Wildman–Crippen MR) is 58.8 cm³/mol. The highest BCUT2D eigenvalue weighted by Crippen LogP contribution is 2.26. The average Bonchev–Trinajstić information content (AvgIpc) is 2.04. The number of likely N-dealkylation sites (N-methyl/N-ethyl adjacent to an activating group) is 1. The highest BCUT2D eigenvalue weighted by Gasteiger charge is 2.19. The van der Waals surface area contributed by atoms with Crippen molar-refractivity contribution >= 4 is 0 Å². The average molecular weight is 181 g/mol. The van der Waals surface area contributed by atoms with Gasteiger partial charge in [0.1, 0.15) is 0 Å². The summed E-state index contributed by atoms with van der Waals surface area (Å²) >= 11 is 0. The van der Waals surface area contributed by atoms with E-state index >= 15 is 0 Å². The lowest BCUT2D eigenvalue weighted by Crippen LogP contribution is -2.33. The van der Waals surface area contributed by atoms with Crippen LogP contribution in [0.15, 0.2) is 11.6 Å². The van der Waals surface area contributed by atoms with Gasteiger partial charge in [0.15, 0.2) is 0 Å². The Kier molecular flexibility index (Phi) is 3.98. The van der Waals surface area contributed by atoms with E-state index < -0.39 is 0 Å². The number of nitrogens with one attached hydrogen (secondary N) is 1. The van der Waals surface area contributed by atoms with Crippen molar-refractivity contribution in [3.63, 3.8) is 0 Å². The number of rotatable bonds is 3. The van der Waals surface area contributed by atoms with Crippen LogP contribution in [0.5, 0.6) is 0 Å². The minimum Gasteiger partial charge on any atom is -0.313 e. The maximum Gasteiger partial charge on any atom is 0.0299 e. The van der Waals surface area contributed by atoms with E-state index in [9.17, 15) is 0 Å². The van der Waals surface area contributed by atoms with Crippen LogP contribution in [-0.4, -0.2) is 13.1 Å². The predicted octanol–water partition coefficient (Wildman–Crippen LogP) is 2.98. The smallest absolute Gasteiger partial charge is 0.0299 e. The molecule has 13 heavy (non-hydrogen) atoms. The molecule has 2 unspecified atom stereocenters. The summed E-state index contributed by atoms with van der Waals surface area (Å²) in [5.41, 5.74) is 1.64. The second kappa shape index (κ2) is 4.80. The minimum absolute atomic E-state index is 0.600. The SMILES string of the molecule is CNC(C1=CC(C)CCC1)C(C)C. The molecule has 1 aliphatic carbocycles. The zero-order valence-electron chi connectivity index (χ0n) is 9.43. The molecule has 0 bridgehead atoms. The second-order valence-corrected chi connectivity index (χ2v) is 4.62. The number of hydrogen-bond donors (Lipinski definition) is 1. The Morgan fingerprint density at radius 2 is 2.15 bits per heavy atom. The minimum atomic E-state index is 0.600. The van der Waals surface area contributed by atoms with E-state index in [-0.39, 0.29) is 0 Å². The molecule has 0 aliphatic heterocycles. The van der Waals surface area contributed by atoms with Crippen molar-refractivity contribution in [1.82, 2.24) is 5.32 Å². The molecular formula is C12H23N. The summed E-state index contributed by atoms with van der Waals surface area (Å²) in [5, 5.41) is 3.42. The van der Waals surface area contributed by atoms with Crippen LogP contribution < -0.4 is 5.32 Å². The van der Waals surface area contributed by atoms with Crippen molar-refractivity contribution < 1.29 is 0 Å². The van der Waals surface area contributed by atoms with Crippen LogP contribution >= 0.6 is 0 Å². The molecule has 0 fully saturated rings. The van der Waals surface area contributed by atoms with E-state index in [0.717, 1.165) is 5.92 Å². The van der Waals surface area contributed by atoms with Crippen LogP contribution in [0, 0.1) is 11.8 Å². The van der Waals surface area contributed by atoms with Gasteiger partial charge in [0.25, 0.3) is 0 Å². The molecule has 1 rings (SSSR count). The summed E-state index contributed by atoms with van der Waals surface area (Å²) in [7, 11) is 2.07. The Bertz CT molecular complexity index is 182. The lowest BCUT2D eigenvalue weighted by atomic mass is 9.84. The van der Waals surface area contributed by atoms with Crippen LogP contribution in [-0.2, 0) is 0 Å². The third-order valence-electron chi connectivity index (χ3n) is 3.00. The normalized spacial score (nSPS) is 25.9. The molecule has 76 valence electrons. The van der Waals surface area contributed by atoms with Crippen molar-refractivity contribution in [2.45, 2.75) is 46.1 Å². The Balaban J connectivity index is 2.67. The molecule has 1 aliphatic rings. The van der Waals surface area contributed by atoms with Gasteiger partial charge in [-0.05, 0) is 38.1 Å². The Morgan fingerprint density at radius 3 is 2.62 bits per heavy atom.